The van der Waals surface area contributed by atoms with Crippen molar-refractivity contribution in [2.45, 2.75) is 18.9 Å². The van der Waals surface area contributed by atoms with Gasteiger partial charge in [-0.3, -0.25) is 19.5 Å². The van der Waals surface area contributed by atoms with Crippen LogP contribution in [-0.4, -0.2) is 34.3 Å². The van der Waals surface area contributed by atoms with E-state index in [1.807, 2.05) is 25.1 Å². The minimum absolute atomic E-state index is 0.353. The predicted molar refractivity (Wildman–Crippen MR) is 91.5 cm³/mol. The van der Waals surface area contributed by atoms with Gasteiger partial charge in [0.1, 0.15) is 12.1 Å². The fraction of sp³-hybridized carbons (Fsp3) is 0.222. The summed E-state index contributed by atoms with van der Waals surface area (Å²) < 4.78 is 0. The third kappa shape index (κ3) is 3.08. The van der Waals surface area contributed by atoms with Crippen LogP contribution in [0.25, 0.3) is 0 Å². The molecule has 1 saturated heterocycles. The number of nitrogens with zero attached hydrogens (tertiary/aromatic N) is 2. The number of pyridine rings is 1. The fourth-order valence-electron chi connectivity index (χ4n) is 2.91. The van der Waals surface area contributed by atoms with Crippen LogP contribution in [0.3, 0.4) is 0 Å². The summed E-state index contributed by atoms with van der Waals surface area (Å²) in [6.07, 6.45) is 3.47. The smallest absolute Gasteiger partial charge is 0.323 e. The van der Waals surface area contributed by atoms with E-state index in [1.165, 1.54) is 6.20 Å². The highest BCUT2D eigenvalue weighted by Gasteiger charge is 2.51. The first-order valence-electron chi connectivity index (χ1n) is 7.96. The van der Waals surface area contributed by atoms with Gasteiger partial charge in [0.05, 0.1) is 11.9 Å². The molecule has 2 aromatic rings. The van der Waals surface area contributed by atoms with E-state index in [0.29, 0.717) is 17.7 Å². The van der Waals surface area contributed by atoms with Crippen molar-refractivity contribution >= 4 is 23.5 Å². The molecule has 2 N–H and O–H groups in total. The number of rotatable bonds is 5. The third-order valence-corrected chi connectivity index (χ3v) is 4.22. The van der Waals surface area contributed by atoms with E-state index in [2.05, 4.69) is 15.6 Å². The molecule has 25 heavy (non-hydrogen) atoms. The molecule has 4 amide bonds. The van der Waals surface area contributed by atoms with Crippen LogP contribution in [0.1, 0.15) is 18.9 Å². The van der Waals surface area contributed by atoms with Gasteiger partial charge in [0, 0.05) is 6.20 Å². The molecule has 128 valence electrons. The van der Waals surface area contributed by atoms with Gasteiger partial charge in [0.25, 0.3) is 5.91 Å². The normalized spacial score (nSPS) is 19.6. The molecule has 1 aliphatic heterocycles. The molecular formula is C18H18N4O3. The number of hydrogen-bond donors (Lipinski definition) is 2. The average Bonchev–Trinajstić information content (AvgIpc) is 2.88. The number of imide groups is 1. The number of amides is 4. The zero-order valence-corrected chi connectivity index (χ0v) is 13.7. The highest BCUT2D eigenvalue weighted by molar-refractivity contribution is 6.10. The number of hydrogen-bond acceptors (Lipinski definition) is 4. The summed E-state index contributed by atoms with van der Waals surface area (Å²) in [5, 5.41) is 5.37. The standard InChI is InChI=1S/C18H18N4O3/c1-2-18(13-7-4-3-5-8-13)16(24)22(17(25)21-18)12-15(23)20-14-9-6-10-19-11-14/h3-11H,2,12H2,1H3,(H,20,23)(H,21,25)/t18-/m0/s1. The second-order valence-corrected chi connectivity index (χ2v) is 5.74. The number of urea groups is 1. The van der Waals surface area contributed by atoms with E-state index >= 15 is 0 Å². The summed E-state index contributed by atoms with van der Waals surface area (Å²) >= 11 is 0. The molecule has 1 aromatic carbocycles. The quantitative estimate of drug-likeness (QED) is 0.814. The lowest BCUT2D eigenvalue weighted by Gasteiger charge is -2.25. The van der Waals surface area contributed by atoms with Crippen LogP contribution >= 0.6 is 0 Å². The van der Waals surface area contributed by atoms with Gasteiger partial charge >= 0.3 is 6.03 Å². The summed E-state index contributed by atoms with van der Waals surface area (Å²) in [5.41, 5.74) is 0.0720. The van der Waals surface area contributed by atoms with Gasteiger partial charge in [0.15, 0.2) is 0 Å². The molecule has 2 heterocycles. The zero-order valence-electron chi connectivity index (χ0n) is 13.7. The van der Waals surface area contributed by atoms with E-state index in [0.717, 1.165) is 4.90 Å². The molecule has 0 spiro atoms. The van der Waals surface area contributed by atoms with E-state index in [9.17, 15) is 14.4 Å². The maximum atomic E-state index is 12.9. The summed E-state index contributed by atoms with van der Waals surface area (Å²) in [4.78, 5) is 42.3. The van der Waals surface area contributed by atoms with E-state index < -0.39 is 23.4 Å². The van der Waals surface area contributed by atoms with Crippen LogP contribution in [0.15, 0.2) is 54.9 Å². The Labute approximate surface area is 145 Å². The Balaban J connectivity index is 1.78. The molecule has 1 fully saturated rings. The number of carbonyl (C=O) groups excluding carboxylic acids is 3. The van der Waals surface area contributed by atoms with E-state index in [1.54, 1.807) is 30.5 Å². The Bertz CT molecular complexity index is 794. The maximum absolute atomic E-state index is 12.9. The van der Waals surface area contributed by atoms with Crippen molar-refractivity contribution in [1.29, 1.82) is 0 Å². The van der Waals surface area contributed by atoms with Crippen molar-refractivity contribution in [2.75, 3.05) is 11.9 Å². The Morgan fingerprint density at radius 3 is 2.60 bits per heavy atom. The van der Waals surface area contributed by atoms with Gasteiger partial charge in [-0.15, -0.1) is 0 Å². The van der Waals surface area contributed by atoms with Crippen LogP contribution in [0.5, 0.6) is 0 Å². The van der Waals surface area contributed by atoms with Crippen LogP contribution in [-0.2, 0) is 15.1 Å². The lowest BCUT2D eigenvalue weighted by molar-refractivity contribution is -0.134. The number of anilines is 1. The zero-order chi connectivity index (χ0) is 17.9. The molecule has 0 saturated carbocycles. The molecule has 1 aliphatic rings. The first-order valence-corrected chi connectivity index (χ1v) is 7.96. The van der Waals surface area contributed by atoms with Crippen molar-refractivity contribution in [3.8, 4) is 0 Å². The molecule has 1 aromatic heterocycles. The molecule has 3 rings (SSSR count). The third-order valence-electron chi connectivity index (χ3n) is 4.22. The van der Waals surface area contributed by atoms with Gasteiger partial charge in [-0.2, -0.15) is 0 Å². The Hall–Kier alpha value is -3.22. The monoisotopic (exact) mass is 338 g/mol. The van der Waals surface area contributed by atoms with Crippen LogP contribution < -0.4 is 10.6 Å². The van der Waals surface area contributed by atoms with Crippen molar-refractivity contribution in [2.24, 2.45) is 0 Å². The second-order valence-electron chi connectivity index (χ2n) is 5.74. The summed E-state index contributed by atoms with van der Waals surface area (Å²) in [6.45, 7) is 1.47. The fourth-order valence-corrected chi connectivity index (χ4v) is 2.91. The number of carbonyl (C=O) groups is 3. The number of aromatic nitrogens is 1. The van der Waals surface area contributed by atoms with E-state index in [-0.39, 0.29) is 6.54 Å². The first-order chi connectivity index (χ1) is 12.1. The Morgan fingerprint density at radius 1 is 1.20 bits per heavy atom. The summed E-state index contributed by atoms with van der Waals surface area (Å²) in [5.74, 6) is -0.885. The summed E-state index contributed by atoms with van der Waals surface area (Å²) in [7, 11) is 0. The van der Waals surface area contributed by atoms with Crippen LogP contribution in [0, 0.1) is 0 Å². The number of nitrogens with one attached hydrogen (secondary N) is 2. The number of benzene rings is 1. The average molecular weight is 338 g/mol. The molecule has 0 unspecified atom stereocenters. The molecule has 7 nitrogen and oxygen atoms in total. The van der Waals surface area contributed by atoms with Crippen LogP contribution in [0.4, 0.5) is 10.5 Å². The van der Waals surface area contributed by atoms with Gasteiger partial charge in [0.2, 0.25) is 5.91 Å². The SMILES string of the molecule is CC[C@@]1(c2ccccc2)NC(=O)N(CC(=O)Nc2cccnc2)C1=O. The minimum Gasteiger partial charge on any atom is -0.323 e. The second kappa shape index (κ2) is 6.72. The molecule has 0 aliphatic carbocycles. The summed E-state index contributed by atoms with van der Waals surface area (Å²) in [6, 6.07) is 11.8. The van der Waals surface area contributed by atoms with Crippen molar-refractivity contribution < 1.29 is 14.4 Å². The molecule has 0 radical (unpaired) electrons. The van der Waals surface area contributed by atoms with Crippen molar-refractivity contribution in [3.05, 3.63) is 60.4 Å². The molecule has 7 heteroatoms. The first kappa shape index (κ1) is 16.6. The van der Waals surface area contributed by atoms with Crippen LogP contribution in [0.2, 0.25) is 0 Å². The Kier molecular flexibility index (Phi) is 4.47. The van der Waals surface area contributed by atoms with Gasteiger partial charge in [-0.05, 0) is 24.1 Å². The lowest BCUT2D eigenvalue weighted by Crippen LogP contribution is -2.44. The molecular weight excluding hydrogens is 320 g/mol. The topological polar surface area (TPSA) is 91.4 Å². The highest BCUT2D eigenvalue weighted by atomic mass is 16.2. The van der Waals surface area contributed by atoms with E-state index in [4.69, 9.17) is 0 Å². The maximum Gasteiger partial charge on any atom is 0.325 e. The lowest BCUT2D eigenvalue weighted by atomic mass is 9.87. The molecule has 0 bridgehead atoms. The van der Waals surface area contributed by atoms with Crippen molar-refractivity contribution in [3.63, 3.8) is 0 Å². The minimum atomic E-state index is -1.13. The van der Waals surface area contributed by atoms with Gasteiger partial charge in [-0.1, -0.05) is 37.3 Å². The van der Waals surface area contributed by atoms with Gasteiger partial charge in [-0.25, -0.2) is 4.79 Å². The molecule has 1 atom stereocenters. The largest absolute Gasteiger partial charge is 0.325 e. The Morgan fingerprint density at radius 2 is 1.96 bits per heavy atom. The van der Waals surface area contributed by atoms with Crippen molar-refractivity contribution in [1.82, 2.24) is 15.2 Å². The highest BCUT2D eigenvalue weighted by Crippen LogP contribution is 2.32. The predicted octanol–water partition coefficient (Wildman–Crippen LogP) is 1.88. The van der Waals surface area contributed by atoms with Gasteiger partial charge < -0.3 is 10.6 Å².